The number of ketones is 1. The highest BCUT2D eigenvalue weighted by Gasteiger charge is 2.28. The van der Waals surface area contributed by atoms with Gasteiger partial charge in [-0.25, -0.2) is 4.57 Å². The number of esters is 2. The summed E-state index contributed by atoms with van der Waals surface area (Å²) in [7, 11) is -4.73. The van der Waals surface area contributed by atoms with Crippen LogP contribution in [-0.2, 0) is 42.3 Å². The smallest absolute Gasteiger partial charge is 0.472 e. The third-order valence-corrected chi connectivity index (χ3v) is 9.79. The molecule has 1 unspecified atom stereocenters. The van der Waals surface area contributed by atoms with Crippen molar-refractivity contribution in [1.29, 1.82) is 0 Å². The number of hydrogen-bond donors (Lipinski definition) is 3. The summed E-state index contributed by atoms with van der Waals surface area (Å²) in [6.07, 6.45) is 34.7. The van der Waals surface area contributed by atoms with Gasteiger partial charge in [-0.05, 0) is 63.9 Å². The van der Waals surface area contributed by atoms with Crippen LogP contribution in [0.1, 0.15) is 174 Å². The number of phosphoric acid groups is 1. The van der Waals surface area contributed by atoms with Gasteiger partial charge >= 0.3 is 25.7 Å². The van der Waals surface area contributed by atoms with Gasteiger partial charge in [-0.2, -0.15) is 0 Å². The highest BCUT2D eigenvalue weighted by molar-refractivity contribution is 7.47. The SMILES string of the molecule is CCCCCC/C=C\CCCCCCCCCC(=O)O[C@H](COC(=O)CCCCCCC/C=C\C=C\C(=O)CCCCC)COP(=O)(O)OC[C@H](N)C(=O)O. The second kappa shape index (κ2) is 37.0. The molecule has 0 aliphatic carbocycles. The molecule has 0 amide bonds. The molecule has 0 aromatic heterocycles. The van der Waals surface area contributed by atoms with Gasteiger partial charge in [-0.3, -0.25) is 28.2 Å². The van der Waals surface area contributed by atoms with E-state index in [-0.39, 0.29) is 25.2 Å². The van der Waals surface area contributed by atoms with E-state index in [1.54, 1.807) is 12.2 Å². The summed E-state index contributed by atoms with van der Waals surface area (Å²) in [4.78, 5) is 57.6. The second-order valence-electron chi connectivity index (χ2n) is 14.2. The molecule has 0 aliphatic heterocycles. The van der Waals surface area contributed by atoms with Crippen molar-refractivity contribution in [2.75, 3.05) is 19.8 Å². The third kappa shape index (κ3) is 36.7. The lowest BCUT2D eigenvalue weighted by Gasteiger charge is -2.20. The fourth-order valence-corrected chi connectivity index (χ4v) is 6.23. The maximum atomic E-state index is 12.6. The first kappa shape index (κ1) is 52.4. The molecular formula is C42H74NO11P. The number of rotatable bonds is 39. The van der Waals surface area contributed by atoms with Crippen molar-refractivity contribution in [2.45, 2.75) is 187 Å². The summed E-state index contributed by atoms with van der Waals surface area (Å²) in [6.45, 7) is 2.58. The molecule has 0 bridgehead atoms. The molecule has 0 radical (unpaired) electrons. The lowest BCUT2D eigenvalue weighted by molar-refractivity contribution is -0.161. The Bertz CT molecular complexity index is 1140. The van der Waals surface area contributed by atoms with E-state index in [1.807, 2.05) is 12.2 Å². The lowest BCUT2D eigenvalue weighted by atomic mass is 10.1. The number of phosphoric ester groups is 1. The van der Waals surface area contributed by atoms with Crippen molar-refractivity contribution in [3.05, 3.63) is 36.5 Å². The van der Waals surface area contributed by atoms with E-state index < -0.39 is 51.1 Å². The van der Waals surface area contributed by atoms with Gasteiger partial charge in [-0.15, -0.1) is 0 Å². The Kier molecular flexibility index (Phi) is 35.2. The summed E-state index contributed by atoms with van der Waals surface area (Å²) >= 11 is 0. The fraction of sp³-hybridized carbons (Fsp3) is 0.762. The maximum Gasteiger partial charge on any atom is 0.472 e. The van der Waals surface area contributed by atoms with Crippen LogP contribution in [0.4, 0.5) is 0 Å². The van der Waals surface area contributed by atoms with Gasteiger partial charge in [0.25, 0.3) is 0 Å². The monoisotopic (exact) mass is 799 g/mol. The van der Waals surface area contributed by atoms with E-state index in [0.717, 1.165) is 83.5 Å². The van der Waals surface area contributed by atoms with E-state index in [1.165, 1.54) is 44.9 Å². The van der Waals surface area contributed by atoms with E-state index in [4.69, 9.17) is 24.8 Å². The number of carbonyl (C=O) groups excluding carboxylic acids is 3. The lowest BCUT2D eigenvalue weighted by Crippen LogP contribution is -2.34. The van der Waals surface area contributed by atoms with Crippen molar-refractivity contribution >= 4 is 31.5 Å². The number of unbranched alkanes of at least 4 members (excludes halogenated alkanes) is 18. The summed E-state index contributed by atoms with van der Waals surface area (Å²) in [5.41, 5.74) is 5.32. The quantitative estimate of drug-likeness (QED) is 0.0133. The molecule has 0 heterocycles. The van der Waals surface area contributed by atoms with Crippen LogP contribution in [0, 0.1) is 0 Å². The van der Waals surface area contributed by atoms with Crippen molar-refractivity contribution in [3.8, 4) is 0 Å². The maximum absolute atomic E-state index is 12.6. The van der Waals surface area contributed by atoms with E-state index >= 15 is 0 Å². The Labute approximate surface area is 331 Å². The number of carboxylic acids is 1. The number of nitrogens with two attached hydrogens (primary N) is 1. The minimum absolute atomic E-state index is 0.138. The van der Waals surface area contributed by atoms with Crippen LogP contribution in [0.15, 0.2) is 36.5 Å². The molecule has 3 atom stereocenters. The second-order valence-corrected chi connectivity index (χ2v) is 15.6. The molecule has 0 aromatic carbocycles. The Hall–Kier alpha value is -2.63. The molecule has 318 valence electrons. The molecule has 0 fully saturated rings. The highest BCUT2D eigenvalue weighted by atomic mass is 31.2. The van der Waals surface area contributed by atoms with Gasteiger partial charge in [0.2, 0.25) is 0 Å². The number of carbonyl (C=O) groups is 4. The molecule has 0 aromatic rings. The average molecular weight is 800 g/mol. The Morgan fingerprint density at radius 3 is 1.65 bits per heavy atom. The number of hydrogen-bond acceptors (Lipinski definition) is 10. The predicted molar refractivity (Wildman–Crippen MR) is 217 cm³/mol. The predicted octanol–water partition coefficient (Wildman–Crippen LogP) is 10.0. The van der Waals surface area contributed by atoms with Gasteiger partial charge in [-0.1, -0.05) is 128 Å². The van der Waals surface area contributed by atoms with Gasteiger partial charge in [0.15, 0.2) is 11.9 Å². The van der Waals surface area contributed by atoms with Crippen LogP contribution in [0.25, 0.3) is 0 Å². The molecular weight excluding hydrogens is 725 g/mol. The van der Waals surface area contributed by atoms with Gasteiger partial charge < -0.3 is 25.2 Å². The standard InChI is InChI=1S/C42H74NO11P/c1-3-5-7-8-9-10-11-12-13-14-15-18-22-25-29-33-41(46)54-38(35-52-55(49,50)53-36-39(43)42(47)48)34-51-40(45)32-28-24-21-19-16-17-20-23-27-31-37(44)30-26-6-4-2/h10-11,20,23,27,31,38-39H,3-9,12-19,21-22,24-26,28-30,32-36,43H2,1-2H3,(H,47,48)(H,49,50)/b11-10-,23-20-,31-27+/t38-,39+/m1/s1. The first-order chi connectivity index (χ1) is 26.5. The average Bonchev–Trinajstić information content (AvgIpc) is 3.15. The Morgan fingerprint density at radius 2 is 1.07 bits per heavy atom. The van der Waals surface area contributed by atoms with Crippen LogP contribution < -0.4 is 5.73 Å². The number of aliphatic carboxylic acids is 1. The van der Waals surface area contributed by atoms with Gasteiger partial charge in [0, 0.05) is 19.3 Å². The first-order valence-electron chi connectivity index (χ1n) is 21.0. The van der Waals surface area contributed by atoms with Crippen LogP contribution >= 0.6 is 7.82 Å². The Balaban J connectivity index is 4.46. The highest BCUT2D eigenvalue weighted by Crippen LogP contribution is 2.43. The van der Waals surface area contributed by atoms with Crippen molar-refractivity contribution in [1.82, 2.24) is 0 Å². The zero-order chi connectivity index (χ0) is 40.8. The largest absolute Gasteiger partial charge is 0.480 e. The molecule has 55 heavy (non-hydrogen) atoms. The van der Waals surface area contributed by atoms with Gasteiger partial charge in [0.1, 0.15) is 12.6 Å². The molecule has 0 saturated carbocycles. The number of allylic oxidation sites excluding steroid dienone is 6. The molecule has 12 nitrogen and oxygen atoms in total. The van der Waals surface area contributed by atoms with E-state index in [2.05, 4.69) is 30.5 Å². The third-order valence-electron chi connectivity index (χ3n) is 8.84. The normalized spacial score (nSPS) is 14.0. The minimum Gasteiger partial charge on any atom is -0.480 e. The van der Waals surface area contributed by atoms with Crippen molar-refractivity contribution < 1.29 is 52.3 Å². The van der Waals surface area contributed by atoms with Crippen LogP contribution in [-0.4, -0.2) is 65.7 Å². The van der Waals surface area contributed by atoms with Crippen LogP contribution in [0.3, 0.4) is 0 Å². The molecule has 4 N–H and O–H groups in total. The van der Waals surface area contributed by atoms with Crippen molar-refractivity contribution in [2.24, 2.45) is 5.73 Å². The molecule has 0 rings (SSSR count). The van der Waals surface area contributed by atoms with Gasteiger partial charge in [0.05, 0.1) is 13.2 Å². The molecule has 13 heteroatoms. The van der Waals surface area contributed by atoms with Crippen LogP contribution in [0.2, 0.25) is 0 Å². The summed E-state index contributed by atoms with van der Waals surface area (Å²) < 4.78 is 32.6. The zero-order valence-electron chi connectivity index (χ0n) is 34.0. The number of ether oxygens (including phenoxy) is 2. The fourth-order valence-electron chi connectivity index (χ4n) is 5.45. The van der Waals surface area contributed by atoms with Crippen molar-refractivity contribution in [3.63, 3.8) is 0 Å². The Morgan fingerprint density at radius 1 is 0.600 bits per heavy atom. The molecule has 0 saturated heterocycles. The van der Waals surface area contributed by atoms with Crippen LogP contribution in [0.5, 0.6) is 0 Å². The topological polar surface area (TPSA) is 189 Å². The molecule has 0 spiro atoms. The first-order valence-corrected chi connectivity index (χ1v) is 22.5. The summed E-state index contributed by atoms with van der Waals surface area (Å²) in [5.74, 6) is -2.30. The summed E-state index contributed by atoms with van der Waals surface area (Å²) in [5, 5.41) is 8.87. The molecule has 0 aliphatic rings. The zero-order valence-corrected chi connectivity index (χ0v) is 34.9. The number of carboxylic acid groups (broad SMARTS) is 1. The summed E-state index contributed by atoms with van der Waals surface area (Å²) in [6, 6.07) is -1.53. The minimum atomic E-state index is -4.73. The van der Waals surface area contributed by atoms with E-state index in [0.29, 0.717) is 19.3 Å². The van der Waals surface area contributed by atoms with E-state index in [9.17, 15) is 28.6 Å².